The van der Waals surface area contributed by atoms with Crippen LogP contribution < -0.4 is 15.4 Å². The molecule has 0 saturated heterocycles. The summed E-state index contributed by atoms with van der Waals surface area (Å²) in [7, 11) is 0. The Balaban J connectivity index is 1.78. The predicted molar refractivity (Wildman–Crippen MR) is 101 cm³/mol. The summed E-state index contributed by atoms with van der Waals surface area (Å²) >= 11 is 5.93. The molecule has 2 rings (SSSR count). The summed E-state index contributed by atoms with van der Waals surface area (Å²) < 4.78 is 10.2. The van der Waals surface area contributed by atoms with Crippen LogP contribution in [0.15, 0.2) is 48.5 Å². The highest BCUT2D eigenvalue weighted by Gasteiger charge is 2.14. The Kier molecular flexibility index (Phi) is 7.63. The van der Waals surface area contributed by atoms with E-state index in [1.165, 1.54) is 0 Å². The lowest BCUT2D eigenvalue weighted by Crippen LogP contribution is -2.32. The molecule has 0 atom stereocenters. The Labute approximate surface area is 161 Å². The average Bonchev–Trinajstić information content (AvgIpc) is 2.67. The second-order valence-corrected chi connectivity index (χ2v) is 5.71. The second-order valence-electron chi connectivity index (χ2n) is 5.30. The number of nitrogens with one attached hydrogen (secondary N) is 2. The van der Waals surface area contributed by atoms with Gasteiger partial charge in [0.15, 0.2) is 6.61 Å². The molecular weight excluding hydrogens is 372 g/mol. The number of halogens is 1. The molecule has 0 bridgehead atoms. The van der Waals surface area contributed by atoms with E-state index in [4.69, 9.17) is 21.1 Å². The zero-order valence-electron chi connectivity index (χ0n) is 14.7. The lowest BCUT2D eigenvalue weighted by molar-refractivity contribution is -0.146. The molecule has 0 aliphatic rings. The Morgan fingerprint density at radius 3 is 2.48 bits per heavy atom. The van der Waals surface area contributed by atoms with Crippen LogP contribution in [0.4, 0.5) is 5.69 Å². The van der Waals surface area contributed by atoms with Gasteiger partial charge in [0.05, 0.1) is 22.9 Å². The van der Waals surface area contributed by atoms with Gasteiger partial charge in [0.2, 0.25) is 0 Å². The van der Waals surface area contributed by atoms with E-state index in [1.54, 1.807) is 55.5 Å². The van der Waals surface area contributed by atoms with Gasteiger partial charge in [0, 0.05) is 0 Å². The fourth-order valence-corrected chi connectivity index (χ4v) is 2.31. The molecule has 0 spiro atoms. The first-order chi connectivity index (χ1) is 13.0. The Morgan fingerprint density at radius 1 is 1.04 bits per heavy atom. The minimum Gasteiger partial charge on any atom is -0.493 e. The van der Waals surface area contributed by atoms with Crippen molar-refractivity contribution in [3.63, 3.8) is 0 Å². The van der Waals surface area contributed by atoms with Crippen molar-refractivity contribution in [3.8, 4) is 5.75 Å². The number of carbonyl (C=O) groups excluding carboxylic acids is 3. The van der Waals surface area contributed by atoms with Gasteiger partial charge in [-0.1, -0.05) is 35.9 Å². The fourth-order valence-electron chi connectivity index (χ4n) is 2.13. The lowest BCUT2D eigenvalue weighted by Gasteiger charge is -2.10. The molecule has 2 aromatic rings. The van der Waals surface area contributed by atoms with Crippen molar-refractivity contribution in [2.45, 2.75) is 6.92 Å². The van der Waals surface area contributed by atoms with Crippen molar-refractivity contribution < 1.29 is 23.9 Å². The third-order valence-electron chi connectivity index (χ3n) is 3.34. The number of hydrogen-bond acceptors (Lipinski definition) is 5. The molecule has 0 heterocycles. The standard InChI is InChI=1S/C19H19ClN2O5/c1-2-26-16-10-6-3-7-13(16)19(25)21-11-18(24)27-12-17(23)22-15-9-5-4-8-14(15)20/h3-10H,2,11-12H2,1H3,(H,21,25)(H,22,23). The highest BCUT2D eigenvalue weighted by Crippen LogP contribution is 2.20. The zero-order chi connectivity index (χ0) is 19.6. The minimum absolute atomic E-state index is 0.309. The zero-order valence-corrected chi connectivity index (χ0v) is 15.4. The summed E-state index contributed by atoms with van der Waals surface area (Å²) in [5, 5.41) is 5.33. The summed E-state index contributed by atoms with van der Waals surface area (Å²) in [5.41, 5.74) is 0.727. The molecule has 27 heavy (non-hydrogen) atoms. The average molecular weight is 391 g/mol. The minimum atomic E-state index is -0.744. The number of esters is 1. The van der Waals surface area contributed by atoms with E-state index in [2.05, 4.69) is 10.6 Å². The van der Waals surface area contributed by atoms with Crippen LogP contribution in [0.1, 0.15) is 17.3 Å². The van der Waals surface area contributed by atoms with Gasteiger partial charge in [-0.05, 0) is 31.2 Å². The summed E-state index contributed by atoms with van der Waals surface area (Å²) in [6.45, 7) is 1.35. The number of benzene rings is 2. The van der Waals surface area contributed by atoms with E-state index in [0.29, 0.717) is 28.6 Å². The van der Waals surface area contributed by atoms with Crippen LogP contribution in [-0.2, 0) is 14.3 Å². The van der Waals surface area contributed by atoms with E-state index in [0.717, 1.165) is 0 Å². The molecule has 0 saturated carbocycles. The van der Waals surface area contributed by atoms with Crippen LogP contribution >= 0.6 is 11.6 Å². The molecule has 8 heteroatoms. The Morgan fingerprint density at radius 2 is 1.74 bits per heavy atom. The molecule has 0 aliphatic carbocycles. The summed E-state index contributed by atoms with van der Waals surface area (Å²) in [6.07, 6.45) is 0. The van der Waals surface area contributed by atoms with E-state index in [9.17, 15) is 14.4 Å². The van der Waals surface area contributed by atoms with Crippen molar-refractivity contribution in [1.82, 2.24) is 5.32 Å². The smallest absolute Gasteiger partial charge is 0.325 e. The monoisotopic (exact) mass is 390 g/mol. The first-order valence-electron chi connectivity index (χ1n) is 8.21. The molecule has 142 valence electrons. The normalized spacial score (nSPS) is 10.0. The number of hydrogen-bond donors (Lipinski definition) is 2. The fraction of sp³-hybridized carbons (Fsp3) is 0.211. The van der Waals surface area contributed by atoms with Gasteiger partial charge in [0.1, 0.15) is 12.3 Å². The third kappa shape index (κ3) is 6.31. The topological polar surface area (TPSA) is 93.7 Å². The highest BCUT2D eigenvalue weighted by atomic mass is 35.5. The van der Waals surface area contributed by atoms with Crippen molar-refractivity contribution in [3.05, 3.63) is 59.1 Å². The summed E-state index contributed by atoms with van der Waals surface area (Å²) in [4.78, 5) is 35.7. The van der Waals surface area contributed by atoms with Gasteiger partial charge in [0.25, 0.3) is 11.8 Å². The summed E-state index contributed by atoms with van der Waals surface area (Å²) in [5.74, 6) is -1.34. The number of ether oxygens (including phenoxy) is 2. The molecule has 2 aromatic carbocycles. The van der Waals surface area contributed by atoms with Crippen LogP contribution in [-0.4, -0.2) is 37.5 Å². The van der Waals surface area contributed by atoms with Gasteiger partial charge in [-0.15, -0.1) is 0 Å². The largest absolute Gasteiger partial charge is 0.493 e. The Bertz CT molecular complexity index is 825. The molecule has 7 nitrogen and oxygen atoms in total. The quantitative estimate of drug-likeness (QED) is 0.676. The maximum atomic E-state index is 12.2. The van der Waals surface area contributed by atoms with Crippen molar-refractivity contribution in [1.29, 1.82) is 0 Å². The lowest BCUT2D eigenvalue weighted by atomic mass is 10.2. The number of para-hydroxylation sites is 2. The first-order valence-corrected chi connectivity index (χ1v) is 8.59. The Hall–Kier alpha value is -3.06. The van der Waals surface area contributed by atoms with Crippen LogP contribution in [0.2, 0.25) is 5.02 Å². The molecule has 0 radical (unpaired) electrons. The highest BCUT2D eigenvalue weighted by molar-refractivity contribution is 6.33. The van der Waals surface area contributed by atoms with Crippen LogP contribution in [0, 0.1) is 0 Å². The number of anilines is 1. The molecule has 2 N–H and O–H groups in total. The van der Waals surface area contributed by atoms with Gasteiger partial charge in [-0.2, -0.15) is 0 Å². The van der Waals surface area contributed by atoms with E-state index in [1.807, 2.05) is 0 Å². The second kappa shape index (κ2) is 10.2. The van der Waals surface area contributed by atoms with Crippen molar-refractivity contribution in [2.75, 3.05) is 25.1 Å². The first kappa shape index (κ1) is 20.3. The number of carbonyl (C=O) groups is 3. The SMILES string of the molecule is CCOc1ccccc1C(=O)NCC(=O)OCC(=O)Nc1ccccc1Cl. The van der Waals surface area contributed by atoms with Crippen LogP contribution in [0.25, 0.3) is 0 Å². The number of rotatable bonds is 8. The van der Waals surface area contributed by atoms with E-state index in [-0.39, 0.29) is 6.54 Å². The maximum Gasteiger partial charge on any atom is 0.325 e. The van der Waals surface area contributed by atoms with E-state index >= 15 is 0 Å². The van der Waals surface area contributed by atoms with Gasteiger partial charge in [-0.25, -0.2) is 0 Å². The molecular formula is C19H19ClN2O5. The predicted octanol–water partition coefficient (Wildman–Crippen LogP) is 2.65. The van der Waals surface area contributed by atoms with Crippen molar-refractivity contribution in [2.24, 2.45) is 0 Å². The van der Waals surface area contributed by atoms with Crippen LogP contribution in [0.3, 0.4) is 0 Å². The van der Waals surface area contributed by atoms with E-state index < -0.39 is 24.4 Å². The van der Waals surface area contributed by atoms with Gasteiger partial charge >= 0.3 is 5.97 Å². The van der Waals surface area contributed by atoms with Crippen LogP contribution in [0.5, 0.6) is 5.75 Å². The maximum absolute atomic E-state index is 12.2. The molecule has 0 fully saturated rings. The summed E-state index contributed by atoms with van der Waals surface area (Å²) in [6, 6.07) is 13.4. The molecule has 0 unspecified atom stereocenters. The third-order valence-corrected chi connectivity index (χ3v) is 3.67. The molecule has 0 aliphatic heterocycles. The number of amides is 2. The van der Waals surface area contributed by atoms with Gasteiger partial charge < -0.3 is 20.1 Å². The molecule has 0 aromatic heterocycles. The van der Waals surface area contributed by atoms with Gasteiger partial charge in [-0.3, -0.25) is 14.4 Å². The van der Waals surface area contributed by atoms with Crippen molar-refractivity contribution >= 4 is 35.1 Å². The molecule has 2 amide bonds.